The van der Waals surface area contributed by atoms with E-state index in [4.69, 9.17) is 4.74 Å². The summed E-state index contributed by atoms with van der Waals surface area (Å²) in [6.45, 7) is 9.12. The number of imide groups is 1. The zero-order valence-electron chi connectivity index (χ0n) is 17.5. The highest BCUT2D eigenvalue weighted by atomic mass is 127. The molecule has 3 rings (SSSR count). The number of halogens is 1. The quantitative estimate of drug-likeness (QED) is 0.305. The molecule has 0 N–H and O–H groups in total. The van der Waals surface area contributed by atoms with Crippen molar-refractivity contribution < 1.29 is 19.1 Å². The highest BCUT2D eigenvalue weighted by Gasteiger charge is 2.37. The van der Waals surface area contributed by atoms with Crippen LogP contribution in [0.1, 0.15) is 36.4 Å². The third-order valence-electron chi connectivity index (χ3n) is 4.68. The van der Waals surface area contributed by atoms with Gasteiger partial charge < -0.3 is 9.30 Å². The van der Waals surface area contributed by atoms with Gasteiger partial charge in [0.15, 0.2) is 0 Å². The van der Waals surface area contributed by atoms with Crippen LogP contribution in [0.5, 0.6) is 0 Å². The van der Waals surface area contributed by atoms with E-state index in [0.717, 1.165) is 39.3 Å². The molecule has 30 heavy (non-hydrogen) atoms. The highest BCUT2D eigenvalue weighted by molar-refractivity contribution is 14.1. The Hall–Kier alpha value is -2.07. The summed E-state index contributed by atoms with van der Waals surface area (Å²) < 4.78 is 8.37. The third-order valence-corrected chi connectivity index (χ3v) is 6.80. The van der Waals surface area contributed by atoms with Crippen molar-refractivity contribution in [3.05, 3.63) is 55.3 Å². The van der Waals surface area contributed by atoms with Crippen molar-refractivity contribution in [3.8, 4) is 5.69 Å². The molecule has 0 atom stereocenters. The van der Waals surface area contributed by atoms with E-state index in [1.54, 1.807) is 19.9 Å². The molecule has 0 bridgehead atoms. The molecular formula is C22H23IN2O4S. The van der Waals surface area contributed by atoms with Crippen LogP contribution in [0.25, 0.3) is 11.8 Å². The first-order chi connectivity index (χ1) is 14.1. The topological polar surface area (TPSA) is 68.6 Å². The van der Waals surface area contributed by atoms with E-state index in [1.165, 1.54) is 9.13 Å². The van der Waals surface area contributed by atoms with Gasteiger partial charge in [-0.1, -0.05) is 0 Å². The van der Waals surface area contributed by atoms with E-state index in [9.17, 15) is 14.4 Å². The zero-order chi connectivity index (χ0) is 22.2. The molecule has 1 aliphatic rings. The molecule has 0 aliphatic carbocycles. The molecule has 2 heterocycles. The normalized spacial score (nSPS) is 15.6. The van der Waals surface area contributed by atoms with Gasteiger partial charge in [0, 0.05) is 20.6 Å². The number of hydrogen-bond donors (Lipinski definition) is 0. The zero-order valence-corrected chi connectivity index (χ0v) is 20.5. The van der Waals surface area contributed by atoms with Gasteiger partial charge in [-0.05, 0) is 110 Å². The fourth-order valence-electron chi connectivity index (χ4n) is 3.31. The molecule has 0 radical (unpaired) electrons. The molecule has 0 spiro atoms. The minimum absolute atomic E-state index is 0.302. The van der Waals surface area contributed by atoms with Crippen LogP contribution in [-0.2, 0) is 14.3 Å². The molecule has 1 fully saturated rings. The van der Waals surface area contributed by atoms with E-state index in [1.807, 2.05) is 19.9 Å². The van der Waals surface area contributed by atoms with Crippen molar-refractivity contribution in [1.82, 2.24) is 9.47 Å². The highest BCUT2D eigenvalue weighted by Crippen LogP contribution is 2.34. The molecule has 1 saturated heterocycles. The van der Waals surface area contributed by atoms with Crippen LogP contribution in [0.3, 0.4) is 0 Å². The van der Waals surface area contributed by atoms with Gasteiger partial charge in [0.1, 0.15) is 6.54 Å². The van der Waals surface area contributed by atoms with Gasteiger partial charge in [-0.15, -0.1) is 0 Å². The van der Waals surface area contributed by atoms with Crippen molar-refractivity contribution in [2.45, 2.75) is 40.7 Å². The van der Waals surface area contributed by atoms with Gasteiger partial charge >= 0.3 is 5.97 Å². The van der Waals surface area contributed by atoms with E-state index in [2.05, 4.69) is 52.3 Å². The van der Waals surface area contributed by atoms with Crippen LogP contribution in [0.2, 0.25) is 0 Å². The maximum atomic E-state index is 12.7. The molecular weight excluding hydrogens is 515 g/mol. The summed E-state index contributed by atoms with van der Waals surface area (Å²) in [6.07, 6.45) is 1.42. The number of aryl methyl sites for hydroxylation is 2. The predicted octanol–water partition coefficient (Wildman–Crippen LogP) is 5.00. The van der Waals surface area contributed by atoms with E-state index >= 15 is 0 Å². The Kier molecular flexibility index (Phi) is 6.76. The van der Waals surface area contributed by atoms with E-state index in [0.29, 0.717) is 4.91 Å². The van der Waals surface area contributed by atoms with Crippen LogP contribution < -0.4 is 0 Å². The van der Waals surface area contributed by atoms with Gasteiger partial charge in [-0.3, -0.25) is 19.3 Å². The van der Waals surface area contributed by atoms with Crippen molar-refractivity contribution >= 4 is 57.5 Å². The Morgan fingerprint density at radius 1 is 1.20 bits per heavy atom. The fraction of sp³-hybridized carbons (Fsp3) is 0.318. The van der Waals surface area contributed by atoms with Crippen molar-refractivity contribution in [2.24, 2.45) is 0 Å². The number of rotatable bonds is 5. The van der Waals surface area contributed by atoms with Crippen molar-refractivity contribution in [1.29, 1.82) is 0 Å². The number of esters is 1. The van der Waals surface area contributed by atoms with Crippen LogP contribution in [-0.4, -0.2) is 39.2 Å². The number of thioether (sulfide) groups is 1. The van der Waals surface area contributed by atoms with Gasteiger partial charge in [0.2, 0.25) is 0 Å². The molecule has 8 heteroatoms. The number of amides is 2. The third kappa shape index (κ3) is 4.64. The minimum Gasteiger partial charge on any atom is -0.462 e. The van der Waals surface area contributed by atoms with Crippen molar-refractivity contribution in [2.75, 3.05) is 6.54 Å². The smallest absolute Gasteiger partial charge is 0.326 e. The van der Waals surface area contributed by atoms with E-state index in [-0.39, 0.29) is 12.6 Å². The molecule has 158 valence electrons. The summed E-state index contributed by atoms with van der Waals surface area (Å²) in [5.74, 6) is -1.07. The van der Waals surface area contributed by atoms with E-state index < -0.39 is 17.1 Å². The number of nitrogens with zero attached hydrogens (tertiary/aromatic N) is 2. The molecule has 0 saturated carbocycles. The van der Waals surface area contributed by atoms with Crippen LogP contribution in [0.4, 0.5) is 4.79 Å². The summed E-state index contributed by atoms with van der Waals surface area (Å²) >= 11 is 3.15. The SMILES string of the molecule is Cc1cc(-n2c(C)cc(/C=C3\SC(=O)N(CC(=O)OC(C)C)C3=O)c2C)ccc1I. The Bertz CT molecular complexity index is 1070. The van der Waals surface area contributed by atoms with Crippen LogP contribution >= 0.6 is 34.4 Å². The van der Waals surface area contributed by atoms with Crippen LogP contribution in [0, 0.1) is 24.3 Å². The summed E-state index contributed by atoms with van der Waals surface area (Å²) in [5, 5.41) is -0.464. The monoisotopic (exact) mass is 538 g/mol. The Balaban J connectivity index is 1.89. The maximum absolute atomic E-state index is 12.7. The predicted molar refractivity (Wildman–Crippen MR) is 127 cm³/mol. The lowest BCUT2D eigenvalue weighted by molar-refractivity contribution is -0.149. The minimum atomic E-state index is -0.596. The summed E-state index contributed by atoms with van der Waals surface area (Å²) in [6, 6.07) is 8.25. The molecule has 1 aromatic heterocycles. The first-order valence-corrected chi connectivity index (χ1v) is 11.4. The number of hydrogen-bond acceptors (Lipinski definition) is 5. The summed E-state index contributed by atoms with van der Waals surface area (Å²) in [5.41, 5.74) is 5.10. The van der Waals surface area contributed by atoms with Gasteiger partial charge in [0.25, 0.3) is 11.1 Å². The average Bonchev–Trinajstić information content (AvgIpc) is 3.07. The summed E-state index contributed by atoms with van der Waals surface area (Å²) in [7, 11) is 0. The molecule has 6 nitrogen and oxygen atoms in total. The van der Waals surface area contributed by atoms with Gasteiger partial charge in [-0.25, -0.2) is 0 Å². The molecule has 1 aliphatic heterocycles. The number of benzene rings is 1. The average molecular weight is 538 g/mol. The first kappa shape index (κ1) is 22.6. The molecule has 2 amide bonds. The molecule has 2 aromatic rings. The van der Waals surface area contributed by atoms with Gasteiger partial charge in [-0.2, -0.15) is 0 Å². The maximum Gasteiger partial charge on any atom is 0.326 e. The second-order valence-corrected chi connectivity index (χ2v) is 9.56. The number of carbonyl (C=O) groups excluding carboxylic acids is 3. The Morgan fingerprint density at radius 2 is 1.90 bits per heavy atom. The first-order valence-electron chi connectivity index (χ1n) is 9.48. The summed E-state index contributed by atoms with van der Waals surface area (Å²) in [4.78, 5) is 38.1. The van der Waals surface area contributed by atoms with Crippen molar-refractivity contribution in [3.63, 3.8) is 0 Å². The number of aromatic nitrogens is 1. The van der Waals surface area contributed by atoms with Crippen LogP contribution in [0.15, 0.2) is 29.2 Å². The second-order valence-electron chi connectivity index (χ2n) is 7.40. The second kappa shape index (κ2) is 8.97. The number of ether oxygens (including phenoxy) is 1. The lowest BCUT2D eigenvalue weighted by Gasteiger charge is -2.13. The standard InChI is InChI=1S/C22H23IN2O4S/c1-12(2)29-20(26)11-24-21(27)19(30-22(24)28)10-16-9-14(4)25(15(16)5)17-6-7-18(23)13(3)8-17/h6-10,12H,11H2,1-5H3/b19-10-. The number of carbonyl (C=O) groups is 3. The largest absolute Gasteiger partial charge is 0.462 e. The molecule has 1 aromatic carbocycles. The lowest BCUT2D eigenvalue weighted by atomic mass is 10.2. The lowest BCUT2D eigenvalue weighted by Crippen LogP contribution is -2.35. The van der Waals surface area contributed by atoms with Gasteiger partial charge in [0.05, 0.1) is 11.0 Å². The fourth-order valence-corrected chi connectivity index (χ4v) is 4.47. The Morgan fingerprint density at radius 3 is 2.53 bits per heavy atom. The Labute approximate surface area is 193 Å². The molecule has 0 unspecified atom stereocenters.